The number of nitrogens with one attached hydrogen (secondary N) is 1. The third kappa shape index (κ3) is 3.27. The van der Waals surface area contributed by atoms with E-state index in [2.05, 4.69) is 5.32 Å². The summed E-state index contributed by atoms with van der Waals surface area (Å²) in [6.45, 7) is 0. The van der Waals surface area contributed by atoms with Crippen molar-refractivity contribution >= 4 is 5.69 Å². The van der Waals surface area contributed by atoms with Crippen LogP contribution in [0.2, 0.25) is 0 Å². The fraction of sp³-hybridized carbons (Fsp3) is 0.538. The lowest BCUT2D eigenvalue weighted by Crippen LogP contribution is -2.43. The summed E-state index contributed by atoms with van der Waals surface area (Å²) in [5, 5.41) is 14.3. The molecule has 5 nitrogen and oxygen atoms in total. The van der Waals surface area contributed by atoms with Crippen LogP contribution in [0.1, 0.15) is 31.2 Å². The Hall–Kier alpha value is -1.46. The van der Waals surface area contributed by atoms with Crippen LogP contribution in [0.5, 0.6) is 0 Å². The van der Waals surface area contributed by atoms with Gasteiger partial charge < -0.3 is 5.73 Å². The Bertz CT molecular complexity index is 422. The monoisotopic (exact) mass is 249 g/mol. The van der Waals surface area contributed by atoms with Gasteiger partial charge in [0.25, 0.3) is 5.69 Å². The lowest BCUT2D eigenvalue weighted by atomic mass is 10.0. The van der Waals surface area contributed by atoms with Gasteiger partial charge in [-0.15, -0.1) is 0 Å². The lowest BCUT2D eigenvalue weighted by Gasteiger charge is -2.19. The molecule has 2 atom stereocenters. The molecule has 98 valence electrons. The van der Waals surface area contributed by atoms with E-state index in [1.807, 2.05) is 12.1 Å². The van der Waals surface area contributed by atoms with Gasteiger partial charge in [0, 0.05) is 17.7 Å². The average Bonchev–Trinajstić information content (AvgIpc) is 2.54. The first-order valence-corrected chi connectivity index (χ1v) is 6.41. The Kier molecular flexibility index (Phi) is 4.28. The molecule has 0 bridgehead atoms. The lowest BCUT2D eigenvalue weighted by molar-refractivity contribution is -0.385. The Morgan fingerprint density at radius 3 is 2.83 bits per heavy atom. The zero-order chi connectivity index (χ0) is 13.0. The van der Waals surface area contributed by atoms with E-state index in [1.165, 1.54) is 0 Å². The molecule has 0 aromatic heterocycles. The van der Waals surface area contributed by atoms with Crippen LogP contribution >= 0.6 is 0 Å². The summed E-state index contributed by atoms with van der Waals surface area (Å²) in [6, 6.07) is 7.18. The van der Waals surface area contributed by atoms with Crippen LogP contribution < -0.4 is 11.1 Å². The Balaban J connectivity index is 2.10. The van der Waals surface area contributed by atoms with Crippen molar-refractivity contribution in [1.29, 1.82) is 0 Å². The first-order valence-electron chi connectivity index (χ1n) is 6.41. The molecular weight excluding hydrogens is 230 g/mol. The zero-order valence-electron chi connectivity index (χ0n) is 10.3. The van der Waals surface area contributed by atoms with Gasteiger partial charge in [-0.1, -0.05) is 31.0 Å². The van der Waals surface area contributed by atoms with E-state index in [0.29, 0.717) is 6.42 Å². The third-order valence-electron chi connectivity index (χ3n) is 3.42. The summed E-state index contributed by atoms with van der Waals surface area (Å²) in [5.41, 5.74) is 6.92. The van der Waals surface area contributed by atoms with Gasteiger partial charge >= 0.3 is 0 Å². The summed E-state index contributed by atoms with van der Waals surface area (Å²) in [6.07, 6.45) is 4.95. The third-order valence-corrected chi connectivity index (χ3v) is 3.42. The molecule has 1 saturated heterocycles. The predicted molar refractivity (Wildman–Crippen MR) is 70.2 cm³/mol. The Morgan fingerprint density at radius 2 is 2.06 bits per heavy atom. The molecule has 0 aliphatic carbocycles. The standard InChI is InChI=1S/C13H19N3O2/c14-13-8-4-2-6-11(15-13)9-10-5-1-3-7-12(10)16(17)18/h1,3,5,7,11,13,15H,2,4,6,8-9,14H2. The van der Waals surface area contributed by atoms with E-state index in [1.54, 1.807) is 12.1 Å². The van der Waals surface area contributed by atoms with E-state index < -0.39 is 0 Å². The number of nitrogens with two attached hydrogens (primary N) is 1. The van der Waals surface area contributed by atoms with E-state index in [9.17, 15) is 10.1 Å². The fourth-order valence-electron chi connectivity index (χ4n) is 2.51. The predicted octanol–water partition coefficient (Wildman–Crippen LogP) is 1.95. The quantitative estimate of drug-likeness (QED) is 0.633. The first kappa shape index (κ1) is 13.0. The molecule has 1 fully saturated rings. The molecule has 1 heterocycles. The van der Waals surface area contributed by atoms with Crippen LogP contribution in [0.25, 0.3) is 0 Å². The molecule has 0 saturated carbocycles. The van der Waals surface area contributed by atoms with Crippen LogP contribution in [0.15, 0.2) is 24.3 Å². The molecule has 1 aliphatic heterocycles. The maximum absolute atomic E-state index is 11.0. The molecule has 3 N–H and O–H groups in total. The number of nitrogens with zero attached hydrogens (tertiary/aromatic N) is 1. The van der Waals surface area contributed by atoms with Crippen molar-refractivity contribution < 1.29 is 4.92 Å². The molecule has 0 spiro atoms. The van der Waals surface area contributed by atoms with Crippen molar-refractivity contribution in [2.24, 2.45) is 5.73 Å². The molecule has 0 amide bonds. The van der Waals surface area contributed by atoms with Crippen LogP contribution in [-0.2, 0) is 6.42 Å². The Labute approximate surface area is 107 Å². The largest absolute Gasteiger partial charge is 0.316 e. The molecule has 2 rings (SSSR count). The summed E-state index contributed by atoms with van der Waals surface area (Å²) in [4.78, 5) is 10.6. The number of rotatable bonds is 3. The van der Waals surface area contributed by atoms with Gasteiger partial charge in [0.1, 0.15) is 0 Å². The fourth-order valence-corrected chi connectivity index (χ4v) is 2.51. The second kappa shape index (κ2) is 5.93. The maximum atomic E-state index is 11.0. The summed E-state index contributed by atoms with van der Waals surface area (Å²) < 4.78 is 0. The molecule has 1 aromatic rings. The second-order valence-electron chi connectivity index (χ2n) is 4.84. The van der Waals surface area contributed by atoms with Crippen LogP contribution in [0, 0.1) is 10.1 Å². The highest BCUT2D eigenvalue weighted by Crippen LogP contribution is 2.22. The van der Waals surface area contributed by atoms with Crippen molar-refractivity contribution in [3.63, 3.8) is 0 Å². The van der Waals surface area contributed by atoms with Gasteiger partial charge in [-0.05, 0) is 19.3 Å². The molecule has 1 aromatic carbocycles. The SMILES string of the molecule is NC1CCCCC(Cc2ccccc2[N+](=O)[O-])N1. The zero-order valence-corrected chi connectivity index (χ0v) is 10.3. The van der Waals surface area contributed by atoms with Crippen molar-refractivity contribution in [2.75, 3.05) is 0 Å². The first-order chi connectivity index (χ1) is 8.66. The normalized spacial score (nSPS) is 24.5. The minimum atomic E-state index is -0.314. The van der Waals surface area contributed by atoms with Gasteiger partial charge in [-0.3, -0.25) is 15.4 Å². The Morgan fingerprint density at radius 1 is 1.33 bits per heavy atom. The van der Waals surface area contributed by atoms with Crippen LogP contribution in [-0.4, -0.2) is 17.1 Å². The number of hydrogen-bond donors (Lipinski definition) is 2. The molecule has 1 aliphatic rings. The highest BCUT2D eigenvalue weighted by atomic mass is 16.6. The van der Waals surface area contributed by atoms with Crippen molar-refractivity contribution in [3.8, 4) is 0 Å². The van der Waals surface area contributed by atoms with Gasteiger partial charge in [0.15, 0.2) is 0 Å². The van der Waals surface area contributed by atoms with Gasteiger partial charge in [-0.25, -0.2) is 0 Å². The van der Waals surface area contributed by atoms with Crippen molar-refractivity contribution in [3.05, 3.63) is 39.9 Å². The van der Waals surface area contributed by atoms with Gasteiger partial charge in [0.2, 0.25) is 0 Å². The van der Waals surface area contributed by atoms with E-state index in [0.717, 1.165) is 31.2 Å². The number of benzene rings is 1. The second-order valence-corrected chi connectivity index (χ2v) is 4.84. The topological polar surface area (TPSA) is 81.2 Å². The molecule has 0 radical (unpaired) electrons. The number of nitro benzene ring substituents is 1. The summed E-state index contributed by atoms with van der Waals surface area (Å²) in [7, 11) is 0. The molecule has 18 heavy (non-hydrogen) atoms. The van der Waals surface area contributed by atoms with Crippen LogP contribution in [0.4, 0.5) is 5.69 Å². The highest BCUT2D eigenvalue weighted by molar-refractivity contribution is 5.40. The maximum Gasteiger partial charge on any atom is 0.272 e. The molecule has 2 unspecified atom stereocenters. The summed E-state index contributed by atoms with van der Waals surface area (Å²) in [5.74, 6) is 0. The number of para-hydroxylation sites is 1. The minimum absolute atomic E-state index is 0.0141. The van der Waals surface area contributed by atoms with Gasteiger partial charge in [0.05, 0.1) is 11.1 Å². The van der Waals surface area contributed by atoms with Crippen LogP contribution in [0.3, 0.4) is 0 Å². The summed E-state index contributed by atoms with van der Waals surface area (Å²) >= 11 is 0. The average molecular weight is 249 g/mol. The van der Waals surface area contributed by atoms with E-state index in [4.69, 9.17) is 5.73 Å². The van der Waals surface area contributed by atoms with Crippen molar-refractivity contribution in [2.45, 2.75) is 44.3 Å². The molecular formula is C13H19N3O2. The smallest absolute Gasteiger partial charge is 0.272 e. The van der Waals surface area contributed by atoms with Gasteiger partial charge in [-0.2, -0.15) is 0 Å². The number of nitro groups is 1. The highest BCUT2D eigenvalue weighted by Gasteiger charge is 2.20. The number of hydrogen-bond acceptors (Lipinski definition) is 4. The molecule has 5 heteroatoms. The van der Waals surface area contributed by atoms with Crippen molar-refractivity contribution in [1.82, 2.24) is 5.32 Å². The van der Waals surface area contributed by atoms with E-state index >= 15 is 0 Å². The minimum Gasteiger partial charge on any atom is -0.316 e. The van der Waals surface area contributed by atoms with E-state index in [-0.39, 0.29) is 22.8 Å².